The monoisotopic (exact) mass is 226 g/mol. The van der Waals surface area contributed by atoms with Crippen molar-refractivity contribution in [2.24, 2.45) is 0 Å². The van der Waals surface area contributed by atoms with Gasteiger partial charge in [-0.05, 0) is 25.7 Å². The SMILES string of the molecule is CCC[N+](CCC)(CCC)CCC.[Ca+2]. The zero-order valence-electron chi connectivity index (χ0n) is 10.8. The van der Waals surface area contributed by atoms with E-state index < -0.39 is 0 Å². The second-order valence-corrected chi connectivity index (χ2v) is 4.24. The summed E-state index contributed by atoms with van der Waals surface area (Å²) in [4.78, 5) is 0. The van der Waals surface area contributed by atoms with Crippen LogP contribution in [-0.4, -0.2) is 68.4 Å². The Morgan fingerprint density at radius 1 is 0.571 bits per heavy atom. The van der Waals surface area contributed by atoms with Gasteiger partial charge in [-0.1, -0.05) is 27.7 Å². The first-order valence-corrected chi connectivity index (χ1v) is 6.09. The average Bonchev–Trinajstić information content (AvgIpc) is 2.06. The first-order valence-electron chi connectivity index (χ1n) is 6.09. The minimum Gasteiger partial charge on any atom is -0.324 e. The molecule has 2 heteroatoms. The first kappa shape index (κ1) is 17.6. The van der Waals surface area contributed by atoms with Crippen LogP contribution in [0, 0.1) is 0 Å². The van der Waals surface area contributed by atoms with Crippen molar-refractivity contribution in [2.45, 2.75) is 53.4 Å². The van der Waals surface area contributed by atoms with Crippen molar-refractivity contribution >= 4 is 37.7 Å². The van der Waals surface area contributed by atoms with Gasteiger partial charge in [0.25, 0.3) is 0 Å². The van der Waals surface area contributed by atoms with Crippen LogP contribution in [-0.2, 0) is 0 Å². The summed E-state index contributed by atoms with van der Waals surface area (Å²) in [5.41, 5.74) is 0. The van der Waals surface area contributed by atoms with Gasteiger partial charge in [0.05, 0.1) is 26.2 Å². The summed E-state index contributed by atoms with van der Waals surface area (Å²) < 4.78 is 1.38. The molecule has 0 spiro atoms. The molecule has 14 heavy (non-hydrogen) atoms. The van der Waals surface area contributed by atoms with Gasteiger partial charge in [-0.2, -0.15) is 0 Å². The molecule has 0 N–H and O–H groups in total. The molecule has 0 aliphatic carbocycles. The molecule has 1 nitrogen and oxygen atoms in total. The zero-order valence-corrected chi connectivity index (χ0v) is 13.0. The fourth-order valence-electron chi connectivity index (χ4n) is 2.57. The molecule has 0 aromatic rings. The fraction of sp³-hybridized carbons (Fsp3) is 1.00. The fourth-order valence-corrected chi connectivity index (χ4v) is 2.57. The van der Waals surface area contributed by atoms with E-state index in [-0.39, 0.29) is 37.7 Å². The molecule has 0 radical (unpaired) electrons. The number of quaternary nitrogens is 1. The molecule has 0 saturated carbocycles. The van der Waals surface area contributed by atoms with Crippen LogP contribution in [0.5, 0.6) is 0 Å². The second kappa shape index (κ2) is 10.7. The third kappa shape index (κ3) is 6.66. The van der Waals surface area contributed by atoms with E-state index in [1.54, 1.807) is 0 Å². The molecule has 0 atom stereocenters. The normalized spacial score (nSPS) is 11.1. The summed E-state index contributed by atoms with van der Waals surface area (Å²) in [6.45, 7) is 14.8. The van der Waals surface area contributed by atoms with E-state index in [2.05, 4.69) is 27.7 Å². The van der Waals surface area contributed by atoms with Crippen LogP contribution in [0.15, 0.2) is 0 Å². The van der Waals surface area contributed by atoms with E-state index >= 15 is 0 Å². The van der Waals surface area contributed by atoms with Crippen molar-refractivity contribution in [1.29, 1.82) is 0 Å². The molecular formula is C12H28CaN+3. The third-order valence-corrected chi connectivity index (χ3v) is 2.79. The maximum Gasteiger partial charge on any atom is 2.00 e. The van der Waals surface area contributed by atoms with E-state index in [1.807, 2.05) is 0 Å². The summed E-state index contributed by atoms with van der Waals surface area (Å²) in [5.74, 6) is 0. The number of hydrogen-bond donors (Lipinski definition) is 0. The molecular weight excluding hydrogens is 198 g/mol. The molecule has 0 aliphatic heterocycles. The summed E-state index contributed by atoms with van der Waals surface area (Å²) >= 11 is 0. The quantitative estimate of drug-likeness (QED) is 0.441. The van der Waals surface area contributed by atoms with Crippen molar-refractivity contribution in [1.82, 2.24) is 0 Å². The van der Waals surface area contributed by atoms with Gasteiger partial charge in [-0.25, -0.2) is 0 Å². The van der Waals surface area contributed by atoms with E-state index in [1.165, 1.54) is 56.3 Å². The van der Waals surface area contributed by atoms with Crippen LogP contribution < -0.4 is 0 Å². The van der Waals surface area contributed by atoms with E-state index in [0.29, 0.717) is 0 Å². The van der Waals surface area contributed by atoms with Crippen LogP contribution in [0.2, 0.25) is 0 Å². The Balaban J connectivity index is 0. The maximum atomic E-state index is 2.31. The van der Waals surface area contributed by atoms with Crippen molar-refractivity contribution in [2.75, 3.05) is 26.2 Å². The Bertz CT molecular complexity index is 85.4. The van der Waals surface area contributed by atoms with E-state index in [9.17, 15) is 0 Å². The van der Waals surface area contributed by atoms with E-state index in [0.717, 1.165) is 0 Å². The molecule has 0 fully saturated rings. The maximum absolute atomic E-state index is 2.31. The summed E-state index contributed by atoms with van der Waals surface area (Å²) in [5, 5.41) is 0. The van der Waals surface area contributed by atoms with Crippen LogP contribution >= 0.6 is 0 Å². The second-order valence-electron chi connectivity index (χ2n) is 4.24. The number of nitrogens with zero attached hydrogens (tertiary/aromatic N) is 1. The van der Waals surface area contributed by atoms with Crippen LogP contribution in [0.1, 0.15) is 53.4 Å². The van der Waals surface area contributed by atoms with Crippen molar-refractivity contribution < 1.29 is 4.48 Å². The predicted molar refractivity (Wildman–Crippen MR) is 66.6 cm³/mol. The van der Waals surface area contributed by atoms with Gasteiger partial charge >= 0.3 is 37.7 Å². The van der Waals surface area contributed by atoms with Gasteiger partial charge < -0.3 is 4.48 Å². The number of rotatable bonds is 8. The topological polar surface area (TPSA) is 0 Å². The third-order valence-electron chi connectivity index (χ3n) is 2.79. The molecule has 80 valence electrons. The summed E-state index contributed by atoms with van der Waals surface area (Å²) in [6, 6.07) is 0. The Kier molecular flexibility index (Phi) is 13.5. The molecule has 0 aliphatic rings. The Morgan fingerprint density at radius 2 is 0.786 bits per heavy atom. The summed E-state index contributed by atoms with van der Waals surface area (Å²) in [6.07, 6.45) is 5.33. The molecule has 0 aromatic heterocycles. The summed E-state index contributed by atoms with van der Waals surface area (Å²) in [7, 11) is 0. The van der Waals surface area contributed by atoms with Crippen molar-refractivity contribution in [3.8, 4) is 0 Å². The van der Waals surface area contributed by atoms with Crippen LogP contribution in [0.25, 0.3) is 0 Å². The predicted octanol–water partition coefficient (Wildman–Crippen LogP) is 3.06. The van der Waals surface area contributed by atoms with Gasteiger partial charge in [0, 0.05) is 0 Å². The van der Waals surface area contributed by atoms with E-state index in [4.69, 9.17) is 0 Å². The molecule has 0 heterocycles. The minimum atomic E-state index is 0. The molecule has 0 aromatic carbocycles. The Labute approximate surface area is 121 Å². The zero-order chi connectivity index (χ0) is 10.2. The smallest absolute Gasteiger partial charge is 0.324 e. The van der Waals surface area contributed by atoms with Gasteiger partial charge in [-0.15, -0.1) is 0 Å². The standard InChI is InChI=1S/C12H28N.Ca/c1-5-9-13(10-6-2,11-7-3)12-8-4;/h5-12H2,1-4H3;/q+1;+2. The number of hydrogen-bond acceptors (Lipinski definition) is 0. The van der Waals surface area contributed by atoms with Gasteiger partial charge in [0.15, 0.2) is 0 Å². The van der Waals surface area contributed by atoms with Crippen molar-refractivity contribution in [3.05, 3.63) is 0 Å². The van der Waals surface area contributed by atoms with Gasteiger partial charge in [-0.3, -0.25) is 0 Å². The average molecular weight is 226 g/mol. The van der Waals surface area contributed by atoms with Gasteiger partial charge in [0.1, 0.15) is 0 Å². The van der Waals surface area contributed by atoms with Crippen molar-refractivity contribution in [3.63, 3.8) is 0 Å². The molecule has 0 bridgehead atoms. The molecule has 0 saturated heterocycles. The Morgan fingerprint density at radius 3 is 0.929 bits per heavy atom. The van der Waals surface area contributed by atoms with Crippen LogP contribution in [0.3, 0.4) is 0 Å². The molecule has 0 rings (SSSR count). The molecule has 0 unspecified atom stereocenters. The minimum absolute atomic E-state index is 0. The van der Waals surface area contributed by atoms with Gasteiger partial charge in [0.2, 0.25) is 0 Å². The molecule has 0 amide bonds. The largest absolute Gasteiger partial charge is 2.00 e. The first-order chi connectivity index (χ1) is 6.24. The Hall–Kier alpha value is 1.22. The van der Waals surface area contributed by atoms with Crippen LogP contribution in [0.4, 0.5) is 0 Å².